The highest BCUT2D eigenvalue weighted by atomic mass is 35.5. The first-order valence-electron chi connectivity index (χ1n) is 5.38. The highest BCUT2D eigenvalue weighted by Crippen LogP contribution is 2.19. The number of carbonyl (C=O) groups is 1. The maximum Gasteiger partial charge on any atom is 0.272 e. The fraction of sp³-hybridized carbons (Fsp3) is 0.273. The van der Waals surface area contributed by atoms with Gasteiger partial charge in [0.1, 0.15) is 15.9 Å². The lowest BCUT2D eigenvalue weighted by molar-refractivity contribution is 0.0930. The second-order valence-corrected chi connectivity index (χ2v) is 4.85. The summed E-state index contributed by atoms with van der Waals surface area (Å²) in [5, 5.41) is 5.81. The Balaban J connectivity index is 2.11. The van der Waals surface area contributed by atoms with Gasteiger partial charge in [-0.3, -0.25) is 9.78 Å². The highest BCUT2D eigenvalue weighted by Gasteiger charge is 2.17. The number of halogens is 1. The van der Waals surface area contributed by atoms with Gasteiger partial charge in [0.2, 0.25) is 0 Å². The van der Waals surface area contributed by atoms with E-state index < -0.39 is 0 Å². The zero-order chi connectivity index (χ0) is 13.0. The summed E-state index contributed by atoms with van der Waals surface area (Å²) in [6.07, 6.45) is 5.24. The summed E-state index contributed by atoms with van der Waals surface area (Å²) >= 11 is 7.20. The lowest BCUT2D eigenvalue weighted by atomic mass is 10.2. The third kappa shape index (κ3) is 3.02. The van der Waals surface area contributed by atoms with Gasteiger partial charge in [0.25, 0.3) is 5.91 Å². The van der Waals surface area contributed by atoms with Crippen LogP contribution in [0.25, 0.3) is 0 Å². The average Bonchev–Trinajstić information content (AvgIpc) is 2.89. The van der Waals surface area contributed by atoms with Crippen molar-refractivity contribution in [2.75, 3.05) is 0 Å². The first kappa shape index (κ1) is 12.9. The van der Waals surface area contributed by atoms with Crippen LogP contribution in [-0.4, -0.2) is 20.9 Å². The van der Waals surface area contributed by atoms with Crippen molar-refractivity contribution in [2.24, 2.45) is 0 Å². The van der Waals surface area contributed by atoms with E-state index in [-0.39, 0.29) is 22.8 Å². The van der Waals surface area contributed by atoms with Gasteiger partial charge in [0.15, 0.2) is 0 Å². The first-order valence-corrected chi connectivity index (χ1v) is 6.64. The number of hydrogen-bond acceptors (Lipinski definition) is 5. The van der Waals surface area contributed by atoms with Gasteiger partial charge in [-0.25, -0.2) is 9.97 Å². The molecule has 0 aliphatic carbocycles. The van der Waals surface area contributed by atoms with Crippen molar-refractivity contribution in [1.29, 1.82) is 0 Å². The summed E-state index contributed by atoms with van der Waals surface area (Å²) < 4.78 is 0. The lowest BCUT2D eigenvalue weighted by Gasteiger charge is -2.13. The molecule has 5 nitrogen and oxygen atoms in total. The first-order chi connectivity index (χ1) is 8.70. The molecule has 0 saturated heterocycles. The number of nitrogens with zero attached hydrogens (tertiary/aromatic N) is 3. The molecule has 1 amide bonds. The Hall–Kier alpha value is -1.53. The van der Waals surface area contributed by atoms with E-state index in [0.29, 0.717) is 0 Å². The molecule has 94 valence electrons. The number of thiazole rings is 1. The van der Waals surface area contributed by atoms with Gasteiger partial charge in [-0.15, -0.1) is 11.3 Å². The number of rotatable bonds is 4. The second-order valence-electron chi connectivity index (χ2n) is 3.53. The predicted molar refractivity (Wildman–Crippen MR) is 69.7 cm³/mol. The third-order valence-corrected chi connectivity index (χ3v) is 3.37. The SMILES string of the molecule is CCC(NC(=O)c1cncc(Cl)n1)c1nccs1. The molecule has 0 bridgehead atoms. The van der Waals surface area contributed by atoms with Crippen molar-refractivity contribution in [3.8, 4) is 0 Å². The lowest BCUT2D eigenvalue weighted by Crippen LogP contribution is -2.28. The molecule has 1 N–H and O–H groups in total. The molecule has 0 aromatic carbocycles. The van der Waals surface area contributed by atoms with Crippen molar-refractivity contribution >= 4 is 28.8 Å². The smallest absolute Gasteiger partial charge is 0.272 e. The van der Waals surface area contributed by atoms with Crippen LogP contribution in [0.5, 0.6) is 0 Å². The molecule has 1 unspecified atom stereocenters. The van der Waals surface area contributed by atoms with Crippen molar-refractivity contribution in [3.63, 3.8) is 0 Å². The van der Waals surface area contributed by atoms with Crippen molar-refractivity contribution in [2.45, 2.75) is 19.4 Å². The van der Waals surface area contributed by atoms with Crippen LogP contribution in [-0.2, 0) is 0 Å². The molecule has 0 spiro atoms. The van der Waals surface area contributed by atoms with Crippen LogP contribution in [0, 0.1) is 0 Å². The number of carbonyl (C=O) groups excluding carboxylic acids is 1. The van der Waals surface area contributed by atoms with Crippen LogP contribution in [0.3, 0.4) is 0 Å². The molecule has 0 aliphatic heterocycles. The molecular weight excluding hydrogens is 272 g/mol. The molecular formula is C11H11ClN4OS. The summed E-state index contributed by atoms with van der Waals surface area (Å²) in [6.45, 7) is 1.98. The molecule has 0 fully saturated rings. The topological polar surface area (TPSA) is 67.8 Å². The standard InChI is InChI=1S/C11H11ClN4OS/c1-2-7(11-14-3-4-18-11)16-10(17)8-5-13-6-9(12)15-8/h3-7H,2H2,1H3,(H,16,17). The van der Waals surface area contributed by atoms with Gasteiger partial charge < -0.3 is 5.32 Å². The van der Waals surface area contributed by atoms with Crippen LogP contribution in [0.4, 0.5) is 0 Å². The monoisotopic (exact) mass is 282 g/mol. The van der Waals surface area contributed by atoms with E-state index >= 15 is 0 Å². The molecule has 18 heavy (non-hydrogen) atoms. The molecule has 2 rings (SSSR count). The van der Waals surface area contributed by atoms with Crippen molar-refractivity contribution in [1.82, 2.24) is 20.3 Å². The maximum atomic E-state index is 12.0. The molecule has 2 heterocycles. The Labute approximate surface area is 113 Å². The highest BCUT2D eigenvalue weighted by molar-refractivity contribution is 7.09. The van der Waals surface area contributed by atoms with E-state index in [1.165, 1.54) is 23.7 Å². The minimum absolute atomic E-state index is 0.113. The Morgan fingerprint density at radius 3 is 3.00 bits per heavy atom. The summed E-state index contributed by atoms with van der Waals surface area (Å²) in [6, 6.07) is -0.113. The Kier molecular flexibility index (Phi) is 4.22. The summed E-state index contributed by atoms with van der Waals surface area (Å²) in [5.41, 5.74) is 0.206. The molecule has 2 aromatic rings. The Bertz CT molecular complexity index is 532. The van der Waals surface area contributed by atoms with Gasteiger partial charge in [-0.1, -0.05) is 18.5 Å². The second kappa shape index (κ2) is 5.88. The van der Waals surface area contributed by atoms with E-state index in [0.717, 1.165) is 11.4 Å². The minimum atomic E-state index is -0.299. The zero-order valence-electron chi connectivity index (χ0n) is 9.63. The number of hydrogen-bond donors (Lipinski definition) is 1. The van der Waals surface area contributed by atoms with Gasteiger partial charge in [-0.2, -0.15) is 0 Å². The molecule has 0 aliphatic rings. The fourth-order valence-corrected chi connectivity index (χ4v) is 2.35. The van der Waals surface area contributed by atoms with Crippen LogP contribution in [0.15, 0.2) is 24.0 Å². The fourth-order valence-electron chi connectivity index (χ4n) is 1.43. The molecule has 0 radical (unpaired) electrons. The largest absolute Gasteiger partial charge is 0.341 e. The Morgan fingerprint density at radius 2 is 2.39 bits per heavy atom. The van der Waals surface area contributed by atoms with E-state index in [9.17, 15) is 4.79 Å². The normalized spacial score (nSPS) is 12.1. The molecule has 0 saturated carbocycles. The molecule has 7 heteroatoms. The quantitative estimate of drug-likeness (QED) is 0.935. The number of aromatic nitrogens is 3. The van der Waals surface area contributed by atoms with Gasteiger partial charge in [0.05, 0.1) is 18.4 Å². The van der Waals surface area contributed by atoms with Crippen LogP contribution < -0.4 is 5.32 Å². The van der Waals surface area contributed by atoms with Crippen LogP contribution >= 0.6 is 22.9 Å². The predicted octanol–water partition coefficient (Wildman–Crippen LogP) is 2.47. The van der Waals surface area contributed by atoms with E-state index in [2.05, 4.69) is 20.3 Å². The van der Waals surface area contributed by atoms with Gasteiger partial charge >= 0.3 is 0 Å². The van der Waals surface area contributed by atoms with Gasteiger partial charge in [0, 0.05) is 11.6 Å². The van der Waals surface area contributed by atoms with Gasteiger partial charge in [-0.05, 0) is 6.42 Å². The van der Waals surface area contributed by atoms with E-state index in [1.54, 1.807) is 6.20 Å². The van der Waals surface area contributed by atoms with E-state index in [4.69, 9.17) is 11.6 Å². The minimum Gasteiger partial charge on any atom is -0.341 e. The summed E-state index contributed by atoms with van der Waals surface area (Å²) in [4.78, 5) is 23.9. The number of nitrogens with one attached hydrogen (secondary N) is 1. The Morgan fingerprint density at radius 1 is 1.56 bits per heavy atom. The van der Waals surface area contributed by atoms with Crippen molar-refractivity contribution in [3.05, 3.63) is 39.8 Å². The van der Waals surface area contributed by atoms with Crippen molar-refractivity contribution < 1.29 is 4.79 Å². The maximum absolute atomic E-state index is 12.0. The van der Waals surface area contributed by atoms with E-state index in [1.807, 2.05) is 12.3 Å². The zero-order valence-corrected chi connectivity index (χ0v) is 11.2. The van der Waals surface area contributed by atoms with Crippen LogP contribution in [0.2, 0.25) is 5.15 Å². The third-order valence-electron chi connectivity index (χ3n) is 2.30. The summed E-state index contributed by atoms with van der Waals surface area (Å²) in [5.74, 6) is -0.299. The molecule has 1 atom stereocenters. The number of amides is 1. The van der Waals surface area contributed by atoms with Crippen LogP contribution in [0.1, 0.15) is 34.9 Å². The average molecular weight is 283 g/mol. The molecule has 2 aromatic heterocycles. The summed E-state index contributed by atoms with van der Waals surface area (Å²) in [7, 11) is 0.